The molecule has 1 aliphatic heterocycles. The van der Waals surface area contributed by atoms with E-state index in [0.717, 1.165) is 12.3 Å². The molecule has 4 N–H and O–H groups in total. The minimum atomic E-state index is -4.52. The fourth-order valence-electron chi connectivity index (χ4n) is 4.52. The Bertz CT molecular complexity index is 1520. The molecule has 1 heterocycles. The molecule has 3 atom stereocenters. The van der Waals surface area contributed by atoms with Gasteiger partial charge in [0.05, 0.1) is 28.8 Å². The molecular formula is C24H27FN3O7PS. The second kappa shape index (κ2) is 9.36. The highest BCUT2D eigenvalue weighted by Crippen LogP contribution is 2.50. The van der Waals surface area contributed by atoms with E-state index in [-0.39, 0.29) is 46.2 Å². The number of rotatable bonds is 7. The summed E-state index contributed by atoms with van der Waals surface area (Å²) in [6.45, 7) is 3.51. The van der Waals surface area contributed by atoms with Crippen LogP contribution in [0.25, 0.3) is 5.76 Å². The Kier molecular flexibility index (Phi) is 6.83. The van der Waals surface area contributed by atoms with Crippen molar-refractivity contribution in [3.05, 3.63) is 58.9 Å². The van der Waals surface area contributed by atoms with Crippen LogP contribution in [-0.2, 0) is 29.5 Å². The summed E-state index contributed by atoms with van der Waals surface area (Å²) >= 11 is 0. The van der Waals surface area contributed by atoms with Crippen molar-refractivity contribution in [3.63, 3.8) is 0 Å². The number of sulfonamides is 1. The monoisotopic (exact) mass is 551 g/mol. The van der Waals surface area contributed by atoms with E-state index >= 15 is 0 Å². The number of benzene rings is 2. The summed E-state index contributed by atoms with van der Waals surface area (Å²) in [4.78, 5) is 24.7. The number of aliphatic hydroxyl groups is 1. The highest BCUT2D eigenvalue weighted by atomic mass is 32.2. The molecular weight excluding hydrogens is 524 g/mol. The van der Waals surface area contributed by atoms with Crippen LogP contribution in [0.15, 0.2) is 46.7 Å². The lowest BCUT2D eigenvalue weighted by Crippen LogP contribution is -2.43. The molecule has 2 aliphatic rings. The number of hydrogen-bond donors (Lipinski definition) is 4. The van der Waals surface area contributed by atoms with Gasteiger partial charge in [-0.2, -0.15) is 4.76 Å². The number of halogens is 1. The van der Waals surface area contributed by atoms with Gasteiger partial charge in [0.15, 0.2) is 5.78 Å². The fourth-order valence-corrected chi connectivity index (χ4v) is 6.36. The zero-order valence-electron chi connectivity index (χ0n) is 20.6. The summed E-state index contributed by atoms with van der Waals surface area (Å²) in [6.07, 6.45) is 1.52. The topological polar surface area (TPSA) is 154 Å². The summed E-state index contributed by atoms with van der Waals surface area (Å²) in [6, 6.07) is 7.66. The Morgan fingerprint density at radius 3 is 2.62 bits per heavy atom. The largest absolute Gasteiger partial charge is 0.506 e. The van der Waals surface area contributed by atoms with Crippen molar-refractivity contribution in [2.75, 3.05) is 23.4 Å². The molecule has 10 nitrogen and oxygen atoms in total. The molecule has 0 amide bonds. The Balaban J connectivity index is 1.84. The third kappa shape index (κ3) is 5.06. The predicted octanol–water partition coefficient (Wildman–Crippen LogP) is 3.46. The number of ether oxygens (including phenoxy) is 1. The molecule has 37 heavy (non-hydrogen) atoms. The maximum absolute atomic E-state index is 14.2. The number of fused-ring (bicyclic) bond motifs is 2. The van der Waals surface area contributed by atoms with Gasteiger partial charge in [-0.3, -0.25) is 14.1 Å². The summed E-state index contributed by atoms with van der Waals surface area (Å²) in [5, 5.41) is 13.7. The first-order valence-corrected chi connectivity index (χ1v) is 14.8. The third-order valence-electron chi connectivity index (χ3n) is 6.59. The maximum atomic E-state index is 14.2. The Labute approximate surface area is 213 Å². The van der Waals surface area contributed by atoms with Gasteiger partial charge in [-0.05, 0) is 62.6 Å². The predicted molar refractivity (Wildman–Crippen MR) is 139 cm³/mol. The van der Waals surface area contributed by atoms with E-state index in [1.807, 2.05) is 6.92 Å². The number of nitrogens with one attached hydrogen (secondary N) is 2. The summed E-state index contributed by atoms with van der Waals surface area (Å²) < 4.78 is 62.0. The molecule has 0 fully saturated rings. The molecule has 0 radical (unpaired) electrons. The van der Waals surface area contributed by atoms with Crippen LogP contribution in [0.4, 0.5) is 15.8 Å². The van der Waals surface area contributed by atoms with Crippen LogP contribution < -0.4 is 15.3 Å². The molecule has 3 unspecified atom stereocenters. The Hall–Kier alpha value is -3.05. The Morgan fingerprint density at radius 2 is 1.97 bits per heavy atom. The summed E-state index contributed by atoms with van der Waals surface area (Å²) in [5.41, 5.74) is -0.908. The average Bonchev–Trinajstić information content (AvgIpc) is 2.80. The van der Waals surface area contributed by atoms with Crippen LogP contribution in [-0.4, -0.2) is 49.5 Å². The summed E-state index contributed by atoms with van der Waals surface area (Å²) in [7, 11) is -6.62. The van der Waals surface area contributed by atoms with Crippen molar-refractivity contribution in [3.8, 4) is 0 Å². The molecule has 0 bridgehead atoms. The van der Waals surface area contributed by atoms with Gasteiger partial charge in [-0.1, -0.05) is 6.07 Å². The number of carbonyl (C=O) groups is 1. The first kappa shape index (κ1) is 27.0. The van der Waals surface area contributed by atoms with Crippen LogP contribution in [0, 0.1) is 5.82 Å². The molecule has 4 rings (SSSR count). The zero-order chi connectivity index (χ0) is 27.3. The molecule has 2 aromatic carbocycles. The van der Waals surface area contributed by atoms with Gasteiger partial charge in [0.25, 0.3) is 0 Å². The van der Waals surface area contributed by atoms with E-state index in [1.54, 1.807) is 14.0 Å². The molecule has 13 heteroatoms. The average molecular weight is 552 g/mol. The van der Waals surface area contributed by atoms with Crippen LogP contribution in [0.1, 0.15) is 37.8 Å². The number of aliphatic hydroxyl groups excluding tert-OH is 1. The molecule has 0 spiro atoms. The highest BCUT2D eigenvalue weighted by Gasteiger charge is 2.47. The second-order valence-corrected chi connectivity index (χ2v) is 12.9. The van der Waals surface area contributed by atoms with Gasteiger partial charge in [0, 0.05) is 18.4 Å². The number of ketones is 1. The highest BCUT2D eigenvalue weighted by molar-refractivity contribution is 7.92. The van der Waals surface area contributed by atoms with E-state index in [4.69, 9.17) is 4.74 Å². The van der Waals surface area contributed by atoms with Crippen LogP contribution >= 0.6 is 7.52 Å². The van der Waals surface area contributed by atoms with Crippen molar-refractivity contribution >= 4 is 51.6 Å². The number of hydrogen-bond acceptors (Lipinski definition) is 7. The standard InChI is InChI=1S/C24H27FN3O7PS/c1-13(35-3)9-10-24(2)17-7-5-14(25)11-16(17)21(29)20(22(24)30)23-26-18-8-6-15(28-37(4,33)34)12-19(18)36(31,32)27-23/h5-8,11-13,28-29H,9-10H2,1-4H3,(H2,26,27,31,32). The van der Waals surface area contributed by atoms with E-state index in [9.17, 15) is 32.2 Å². The van der Waals surface area contributed by atoms with Crippen molar-refractivity contribution in [2.24, 2.45) is 4.76 Å². The van der Waals surface area contributed by atoms with Gasteiger partial charge < -0.3 is 20.1 Å². The van der Waals surface area contributed by atoms with E-state index in [1.165, 1.54) is 30.3 Å². The minimum Gasteiger partial charge on any atom is -0.506 e. The normalized spacial score (nSPS) is 24.1. The molecule has 0 saturated carbocycles. The van der Waals surface area contributed by atoms with Gasteiger partial charge >= 0.3 is 7.52 Å². The third-order valence-corrected chi connectivity index (χ3v) is 8.66. The van der Waals surface area contributed by atoms with Gasteiger partial charge in [-0.15, -0.1) is 0 Å². The first-order chi connectivity index (χ1) is 17.2. The lowest BCUT2D eigenvalue weighted by molar-refractivity contribution is -0.120. The van der Waals surface area contributed by atoms with Gasteiger partial charge in [0.1, 0.15) is 23.0 Å². The fraction of sp³-hybridized carbons (Fsp3) is 0.333. The van der Waals surface area contributed by atoms with Crippen LogP contribution in [0.2, 0.25) is 0 Å². The molecule has 2 aromatic rings. The second-order valence-electron chi connectivity index (χ2n) is 9.38. The smallest absolute Gasteiger partial charge is 0.346 e. The number of anilines is 2. The van der Waals surface area contributed by atoms with Crippen molar-refractivity contribution in [1.29, 1.82) is 0 Å². The Morgan fingerprint density at radius 1 is 1.27 bits per heavy atom. The maximum Gasteiger partial charge on any atom is 0.346 e. The lowest BCUT2D eigenvalue weighted by atomic mass is 9.67. The molecule has 0 saturated heterocycles. The number of carbonyl (C=O) groups excluding carboxylic acids is 1. The lowest BCUT2D eigenvalue weighted by Gasteiger charge is -2.37. The summed E-state index contributed by atoms with van der Waals surface area (Å²) in [5.74, 6) is -2.10. The minimum absolute atomic E-state index is 0.0519. The molecule has 198 valence electrons. The van der Waals surface area contributed by atoms with Crippen molar-refractivity contribution < 1.29 is 36.9 Å². The van der Waals surface area contributed by atoms with E-state index in [0.29, 0.717) is 12.0 Å². The molecule has 0 aromatic heterocycles. The van der Waals surface area contributed by atoms with Crippen molar-refractivity contribution in [1.82, 2.24) is 0 Å². The quantitative estimate of drug-likeness (QED) is 0.382. The van der Waals surface area contributed by atoms with Crippen LogP contribution in [0.5, 0.6) is 0 Å². The number of Topliss-reactive ketones (excluding diaryl/α,β-unsaturated/α-hetero) is 1. The van der Waals surface area contributed by atoms with E-state index < -0.39 is 40.3 Å². The number of methoxy groups -OCH3 is 1. The van der Waals surface area contributed by atoms with Crippen molar-refractivity contribution in [2.45, 2.75) is 38.2 Å². The SMILES string of the molecule is COC(C)CCC1(C)C(=O)C(C2=NP(=O)(O)c3cc(NS(C)(=O)=O)ccc3N2)=C(O)c2cc(F)ccc21. The number of nitrogens with zero attached hydrogens (tertiary/aromatic N) is 1. The number of amidine groups is 1. The van der Waals surface area contributed by atoms with Gasteiger partial charge in [0.2, 0.25) is 10.0 Å². The van der Waals surface area contributed by atoms with E-state index in [2.05, 4.69) is 14.8 Å². The van der Waals surface area contributed by atoms with Crippen LogP contribution in [0.3, 0.4) is 0 Å². The molecule has 1 aliphatic carbocycles. The zero-order valence-corrected chi connectivity index (χ0v) is 22.3. The van der Waals surface area contributed by atoms with Gasteiger partial charge in [-0.25, -0.2) is 12.8 Å². The first-order valence-electron chi connectivity index (χ1n) is 11.3.